The standard InChI is InChI=1S/C13H10BrNO3S/c1-8-6-12(19-13(8)14)11(16)7-9-2-4-10(5-3-9)15(17)18/h2-6H,7H2,1H3. The van der Waals surface area contributed by atoms with Crippen molar-refractivity contribution in [1.82, 2.24) is 0 Å². The van der Waals surface area contributed by atoms with E-state index in [1.807, 2.05) is 13.0 Å². The Kier molecular flexibility index (Phi) is 4.11. The predicted octanol–water partition coefficient (Wildman–Crippen LogP) is 4.15. The number of nitro benzene ring substituents is 1. The van der Waals surface area contributed by atoms with E-state index in [1.54, 1.807) is 12.1 Å². The highest BCUT2D eigenvalue weighted by Crippen LogP contribution is 2.28. The maximum atomic E-state index is 12.1. The Labute approximate surface area is 122 Å². The van der Waals surface area contributed by atoms with E-state index in [4.69, 9.17) is 0 Å². The maximum absolute atomic E-state index is 12.1. The fraction of sp³-hybridized carbons (Fsp3) is 0.154. The minimum absolute atomic E-state index is 0.0210. The van der Waals surface area contributed by atoms with Crippen LogP contribution in [0.15, 0.2) is 34.1 Å². The molecule has 0 fully saturated rings. The van der Waals surface area contributed by atoms with Gasteiger partial charge < -0.3 is 0 Å². The summed E-state index contributed by atoms with van der Waals surface area (Å²) in [6, 6.07) is 7.91. The van der Waals surface area contributed by atoms with Gasteiger partial charge in [-0.15, -0.1) is 11.3 Å². The minimum Gasteiger partial charge on any atom is -0.293 e. The molecule has 2 rings (SSSR count). The summed E-state index contributed by atoms with van der Waals surface area (Å²) < 4.78 is 0.958. The smallest absolute Gasteiger partial charge is 0.269 e. The fourth-order valence-corrected chi connectivity index (χ4v) is 3.08. The van der Waals surface area contributed by atoms with E-state index in [9.17, 15) is 14.9 Å². The number of aryl methyl sites for hydroxylation is 1. The van der Waals surface area contributed by atoms with Crippen molar-refractivity contribution >= 4 is 38.7 Å². The topological polar surface area (TPSA) is 60.2 Å². The highest BCUT2D eigenvalue weighted by Gasteiger charge is 2.13. The van der Waals surface area contributed by atoms with Crippen molar-refractivity contribution in [2.24, 2.45) is 0 Å². The number of rotatable bonds is 4. The van der Waals surface area contributed by atoms with E-state index >= 15 is 0 Å². The van der Waals surface area contributed by atoms with Gasteiger partial charge in [-0.1, -0.05) is 12.1 Å². The predicted molar refractivity (Wildman–Crippen MR) is 77.9 cm³/mol. The molecule has 0 amide bonds. The fourth-order valence-electron chi connectivity index (χ4n) is 1.61. The Balaban J connectivity index is 2.12. The van der Waals surface area contributed by atoms with Gasteiger partial charge in [-0.2, -0.15) is 0 Å². The van der Waals surface area contributed by atoms with Gasteiger partial charge in [0, 0.05) is 18.6 Å². The van der Waals surface area contributed by atoms with E-state index in [0.717, 1.165) is 14.9 Å². The summed E-state index contributed by atoms with van der Waals surface area (Å²) in [5.41, 5.74) is 1.85. The maximum Gasteiger partial charge on any atom is 0.269 e. The zero-order valence-corrected chi connectivity index (χ0v) is 12.5. The summed E-state index contributed by atoms with van der Waals surface area (Å²) in [6.07, 6.45) is 0.254. The van der Waals surface area contributed by atoms with Crippen molar-refractivity contribution in [3.05, 3.63) is 60.2 Å². The Morgan fingerprint density at radius 2 is 2.00 bits per heavy atom. The molecule has 0 spiro atoms. The molecule has 0 aliphatic heterocycles. The number of carbonyl (C=O) groups excluding carboxylic acids is 1. The summed E-state index contributed by atoms with van der Waals surface area (Å²) in [7, 11) is 0. The third kappa shape index (κ3) is 3.27. The summed E-state index contributed by atoms with van der Waals surface area (Å²) in [5.74, 6) is 0.0210. The molecular formula is C13H10BrNO3S. The Hall–Kier alpha value is -1.53. The molecule has 2 aromatic rings. The first-order valence-corrected chi connectivity index (χ1v) is 7.11. The van der Waals surface area contributed by atoms with Gasteiger partial charge >= 0.3 is 0 Å². The lowest BCUT2D eigenvalue weighted by Gasteiger charge is -1.99. The average Bonchev–Trinajstić information content (AvgIpc) is 2.70. The molecule has 0 aliphatic carbocycles. The number of Topliss-reactive ketones (excluding diaryl/α,β-unsaturated/α-hetero) is 1. The monoisotopic (exact) mass is 339 g/mol. The zero-order valence-electron chi connectivity index (χ0n) is 10.1. The summed E-state index contributed by atoms with van der Waals surface area (Å²) >= 11 is 4.80. The molecule has 0 radical (unpaired) electrons. The van der Waals surface area contributed by atoms with Crippen molar-refractivity contribution in [3.63, 3.8) is 0 Å². The summed E-state index contributed by atoms with van der Waals surface area (Å²) in [5, 5.41) is 10.5. The van der Waals surface area contributed by atoms with Gasteiger partial charge in [-0.05, 0) is 40.0 Å². The van der Waals surface area contributed by atoms with Gasteiger partial charge in [-0.3, -0.25) is 14.9 Å². The number of nitrogens with zero attached hydrogens (tertiary/aromatic N) is 1. The van der Waals surface area contributed by atoms with E-state index in [0.29, 0.717) is 4.88 Å². The van der Waals surface area contributed by atoms with Crippen LogP contribution in [0, 0.1) is 17.0 Å². The van der Waals surface area contributed by atoms with Crippen molar-refractivity contribution in [1.29, 1.82) is 0 Å². The van der Waals surface area contributed by atoms with Crippen molar-refractivity contribution < 1.29 is 9.72 Å². The molecule has 98 valence electrons. The van der Waals surface area contributed by atoms with Crippen molar-refractivity contribution in [2.45, 2.75) is 13.3 Å². The van der Waals surface area contributed by atoms with Crippen LogP contribution < -0.4 is 0 Å². The Morgan fingerprint density at radius 1 is 1.37 bits per heavy atom. The Bertz CT molecular complexity index is 614. The van der Waals surface area contributed by atoms with Gasteiger partial charge in [0.15, 0.2) is 5.78 Å². The third-order valence-electron chi connectivity index (χ3n) is 2.64. The molecule has 1 aromatic heterocycles. The number of benzene rings is 1. The molecule has 6 heteroatoms. The Morgan fingerprint density at radius 3 is 2.47 bits per heavy atom. The first kappa shape index (κ1) is 13.9. The number of hydrogen-bond donors (Lipinski definition) is 0. The summed E-state index contributed by atoms with van der Waals surface area (Å²) in [6.45, 7) is 1.93. The second-order valence-electron chi connectivity index (χ2n) is 4.09. The molecule has 0 aliphatic rings. The van der Waals surface area contributed by atoms with Gasteiger partial charge in [0.2, 0.25) is 0 Å². The summed E-state index contributed by atoms with van der Waals surface area (Å²) in [4.78, 5) is 22.8. The van der Waals surface area contributed by atoms with Gasteiger partial charge in [0.1, 0.15) is 0 Å². The quantitative estimate of drug-likeness (QED) is 0.477. The second-order valence-corrected chi connectivity index (χ2v) is 6.46. The lowest BCUT2D eigenvalue weighted by atomic mass is 10.1. The van der Waals surface area contributed by atoms with Gasteiger partial charge in [0.05, 0.1) is 13.6 Å². The molecule has 1 aromatic carbocycles. The van der Waals surface area contributed by atoms with Crippen LogP contribution in [0.3, 0.4) is 0 Å². The lowest BCUT2D eigenvalue weighted by molar-refractivity contribution is -0.384. The highest BCUT2D eigenvalue weighted by atomic mass is 79.9. The number of thiophene rings is 1. The number of hydrogen-bond acceptors (Lipinski definition) is 4. The molecule has 0 saturated carbocycles. The van der Waals surface area contributed by atoms with Crippen LogP contribution in [-0.2, 0) is 6.42 Å². The number of ketones is 1. The zero-order chi connectivity index (χ0) is 14.0. The molecule has 0 saturated heterocycles. The van der Waals surface area contributed by atoms with Crippen LogP contribution in [0.1, 0.15) is 20.8 Å². The number of carbonyl (C=O) groups is 1. The number of nitro groups is 1. The molecule has 1 heterocycles. The largest absolute Gasteiger partial charge is 0.293 e. The molecule has 0 unspecified atom stereocenters. The lowest BCUT2D eigenvalue weighted by Crippen LogP contribution is -2.01. The van der Waals surface area contributed by atoms with Crippen molar-refractivity contribution in [3.8, 4) is 0 Å². The van der Waals surface area contributed by atoms with Crippen LogP contribution >= 0.6 is 27.3 Å². The first-order valence-electron chi connectivity index (χ1n) is 5.50. The van der Waals surface area contributed by atoms with Gasteiger partial charge in [0.25, 0.3) is 5.69 Å². The van der Waals surface area contributed by atoms with E-state index in [2.05, 4.69) is 15.9 Å². The van der Waals surface area contributed by atoms with Gasteiger partial charge in [-0.25, -0.2) is 0 Å². The van der Waals surface area contributed by atoms with Crippen LogP contribution in [-0.4, -0.2) is 10.7 Å². The second kappa shape index (κ2) is 5.63. The highest BCUT2D eigenvalue weighted by molar-refractivity contribution is 9.11. The molecular weight excluding hydrogens is 330 g/mol. The molecule has 4 nitrogen and oxygen atoms in total. The van der Waals surface area contributed by atoms with Crippen LogP contribution in [0.25, 0.3) is 0 Å². The first-order chi connectivity index (χ1) is 8.97. The SMILES string of the molecule is Cc1cc(C(=O)Cc2ccc([N+](=O)[O-])cc2)sc1Br. The molecule has 0 atom stereocenters. The normalized spacial score (nSPS) is 10.4. The number of non-ortho nitro benzene ring substituents is 1. The molecule has 19 heavy (non-hydrogen) atoms. The van der Waals surface area contributed by atoms with Crippen LogP contribution in [0.5, 0.6) is 0 Å². The minimum atomic E-state index is -0.453. The average molecular weight is 340 g/mol. The molecule has 0 bridgehead atoms. The van der Waals surface area contributed by atoms with Crippen LogP contribution in [0.2, 0.25) is 0 Å². The number of halogens is 1. The van der Waals surface area contributed by atoms with E-state index in [1.165, 1.54) is 23.5 Å². The van der Waals surface area contributed by atoms with Crippen LogP contribution in [0.4, 0.5) is 5.69 Å². The molecule has 0 N–H and O–H groups in total. The third-order valence-corrected chi connectivity index (χ3v) is 4.82. The van der Waals surface area contributed by atoms with Crippen molar-refractivity contribution in [2.75, 3.05) is 0 Å². The van der Waals surface area contributed by atoms with E-state index in [-0.39, 0.29) is 17.9 Å². The van der Waals surface area contributed by atoms with E-state index < -0.39 is 4.92 Å².